The fourth-order valence-electron chi connectivity index (χ4n) is 12.5. The normalized spacial score (nSPS) is 12.7. The highest BCUT2D eigenvalue weighted by Gasteiger charge is 2.18. The second kappa shape index (κ2) is 77.3. The van der Waals surface area contributed by atoms with E-state index in [1.807, 2.05) is 6.08 Å². The molecule has 6 heteroatoms. The highest BCUT2D eigenvalue weighted by molar-refractivity contribution is 5.76. The maximum atomic E-state index is 12.5. The van der Waals surface area contributed by atoms with E-state index in [1.165, 1.54) is 360 Å². The van der Waals surface area contributed by atoms with Crippen molar-refractivity contribution in [3.8, 4) is 0 Å². The third-order valence-corrected chi connectivity index (χ3v) is 18.6. The van der Waals surface area contributed by atoms with Crippen LogP contribution >= 0.6 is 0 Å². The van der Waals surface area contributed by atoms with Gasteiger partial charge in [-0.2, -0.15) is 0 Å². The van der Waals surface area contributed by atoms with Crippen LogP contribution in [0.25, 0.3) is 0 Å². The largest absolute Gasteiger partial charge is 0.466 e. The molecule has 0 rings (SSSR count). The van der Waals surface area contributed by atoms with Crippen LogP contribution in [0.3, 0.4) is 0 Å². The van der Waals surface area contributed by atoms with Crippen molar-refractivity contribution in [1.82, 2.24) is 5.32 Å². The van der Waals surface area contributed by atoms with E-state index >= 15 is 0 Å². The zero-order chi connectivity index (χ0) is 63.5. The molecule has 6 nitrogen and oxygen atoms in total. The molecule has 0 aliphatic heterocycles. The van der Waals surface area contributed by atoms with Gasteiger partial charge in [-0.15, -0.1) is 0 Å². The monoisotopic (exact) mass is 1230 g/mol. The molecule has 0 saturated heterocycles. The third kappa shape index (κ3) is 72.9. The Morgan fingerprint density at radius 1 is 0.318 bits per heavy atom. The number of hydrogen-bond acceptors (Lipinski definition) is 5. The molecule has 0 aromatic heterocycles. The maximum absolute atomic E-state index is 12.5. The number of esters is 1. The van der Waals surface area contributed by atoms with Crippen LogP contribution in [0.15, 0.2) is 48.6 Å². The molecule has 1 amide bonds. The average Bonchev–Trinajstić information content (AvgIpc) is 3.58. The molecule has 0 aromatic rings. The number of carbonyl (C=O) groups is 2. The fourth-order valence-corrected chi connectivity index (χ4v) is 12.5. The summed E-state index contributed by atoms with van der Waals surface area (Å²) in [6.45, 7) is 4.93. The SMILES string of the molecule is CCCCCC/C=C\C/C=C\CCCCCCCCCC(=O)OCCCCCCCCCCCCCC/C=C\CCCCCCCCCCCCCCCCCC(=O)NC(CO)C(O)/C=C/CCCCCCCCCCCCCCCCCCCCCC. The molecule has 518 valence electrons. The number of unbranched alkanes of at least 4 members (excludes halogenated alkanes) is 58. The van der Waals surface area contributed by atoms with Crippen LogP contribution in [0.2, 0.25) is 0 Å². The molecule has 2 unspecified atom stereocenters. The number of hydrogen-bond donors (Lipinski definition) is 3. The van der Waals surface area contributed by atoms with E-state index in [4.69, 9.17) is 4.74 Å². The summed E-state index contributed by atoms with van der Waals surface area (Å²) < 4.78 is 5.51. The molecular weight excluding hydrogens is 1080 g/mol. The Hall–Kier alpha value is -2.18. The van der Waals surface area contributed by atoms with E-state index in [2.05, 4.69) is 55.6 Å². The van der Waals surface area contributed by atoms with Crippen molar-refractivity contribution in [2.24, 2.45) is 0 Å². The van der Waals surface area contributed by atoms with Crippen molar-refractivity contribution in [3.05, 3.63) is 48.6 Å². The lowest BCUT2D eigenvalue weighted by molar-refractivity contribution is -0.143. The Morgan fingerprint density at radius 2 is 0.568 bits per heavy atom. The molecule has 0 aromatic carbocycles. The van der Waals surface area contributed by atoms with Gasteiger partial charge < -0.3 is 20.3 Å². The van der Waals surface area contributed by atoms with Crippen LogP contribution in [0.4, 0.5) is 0 Å². The first kappa shape index (κ1) is 85.8. The molecule has 0 fully saturated rings. The van der Waals surface area contributed by atoms with Gasteiger partial charge in [-0.05, 0) is 89.9 Å². The van der Waals surface area contributed by atoms with Crippen LogP contribution in [0, 0.1) is 0 Å². The number of carbonyl (C=O) groups excluding carboxylic acids is 2. The van der Waals surface area contributed by atoms with E-state index in [0.717, 1.165) is 51.4 Å². The Bertz CT molecular complexity index is 1470. The highest BCUT2D eigenvalue weighted by atomic mass is 16.5. The first-order valence-electron chi connectivity index (χ1n) is 39.9. The van der Waals surface area contributed by atoms with Gasteiger partial charge in [0, 0.05) is 12.8 Å². The van der Waals surface area contributed by atoms with Gasteiger partial charge in [0.2, 0.25) is 5.91 Å². The summed E-state index contributed by atoms with van der Waals surface area (Å²) in [6.07, 6.45) is 102. The summed E-state index contributed by atoms with van der Waals surface area (Å²) in [5.41, 5.74) is 0. The van der Waals surface area contributed by atoms with E-state index in [0.29, 0.717) is 19.4 Å². The summed E-state index contributed by atoms with van der Waals surface area (Å²) in [7, 11) is 0. The lowest BCUT2D eigenvalue weighted by atomic mass is 10.0. The smallest absolute Gasteiger partial charge is 0.305 e. The minimum absolute atomic E-state index is 0.0106. The number of allylic oxidation sites excluding steroid dienone is 7. The summed E-state index contributed by atoms with van der Waals surface area (Å²) in [5.74, 6) is -0.0511. The zero-order valence-electron chi connectivity index (χ0n) is 59.5. The van der Waals surface area contributed by atoms with Crippen LogP contribution in [0.1, 0.15) is 438 Å². The molecule has 2 atom stereocenters. The number of amides is 1. The lowest BCUT2D eigenvalue weighted by Gasteiger charge is -2.20. The number of rotatable bonds is 75. The van der Waals surface area contributed by atoms with Crippen LogP contribution in [0.5, 0.6) is 0 Å². The summed E-state index contributed by atoms with van der Waals surface area (Å²) in [6, 6.07) is -0.628. The van der Waals surface area contributed by atoms with Gasteiger partial charge in [0.25, 0.3) is 0 Å². The van der Waals surface area contributed by atoms with Crippen LogP contribution in [-0.2, 0) is 14.3 Å². The average molecular weight is 1240 g/mol. The van der Waals surface area contributed by atoms with Crippen molar-refractivity contribution >= 4 is 11.9 Å². The van der Waals surface area contributed by atoms with Gasteiger partial charge in [0.05, 0.1) is 25.4 Å². The van der Waals surface area contributed by atoms with Crippen molar-refractivity contribution < 1.29 is 24.5 Å². The quantitative estimate of drug-likeness (QED) is 0.0320. The number of aliphatic hydroxyl groups excluding tert-OH is 2. The minimum atomic E-state index is -0.845. The predicted molar refractivity (Wildman–Crippen MR) is 389 cm³/mol. The minimum Gasteiger partial charge on any atom is -0.466 e. The van der Waals surface area contributed by atoms with Gasteiger partial charge >= 0.3 is 5.97 Å². The second-order valence-electron chi connectivity index (χ2n) is 27.4. The topological polar surface area (TPSA) is 95.9 Å². The van der Waals surface area contributed by atoms with Crippen molar-refractivity contribution in [1.29, 1.82) is 0 Å². The summed E-state index contributed by atoms with van der Waals surface area (Å²) in [5, 5.41) is 23.3. The van der Waals surface area contributed by atoms with E-state index in [1.54, 1.807) is 6.08 Å². The maximum Gasteiger partial charge on any atom is 0.305 e. The van der Waals surface area contributed by atoms with Crippen LogP contribution in [-0.4, -0.2) is 47.4 Å². The van der Waals surface area contributed by atoms with Gasteiger partial charge in [0.15, 0.2) is 0 Å². The molecule has 0 heterocycles. The zero-order valence-corrected chi connectivity index (χ0v) is 59.5. The molecule has 0 aliphatic carbocycles. The van der Waals surface area contributed by atoms with Gasteiger partial charge in [-0.25, -0.2) is 0 Å². The first-order chi connectivity index (χ1) is 43.5. The van der Waals surface area contributed by atoms with Crippen molar-refractivity contribution in [2.75, 3.05) is 13.2 Å². The van der Waals surface area contributed by atoms with E-state index < -0.39 is 12.1 Å². The molecule has 0 saturated carbocycles. The number of aliphatic hydroxyl groups is 2. The van der Waals surface area contributed by atoms with Gasteiger partial charge in [0.1, 0.15) is 0 Å². The molecule has 0 aliphatic rings. The lowest BCUT2D eigenvalue weighted by Crippen LogP contribution is -2.45. The molecule has 88 heavy (non-hydrogen) atoms. The predicted octanol–water partition coefficient (Wildman–Crippen LogP) is 26.4. The summed E-state index contributed by atoms with van der Waals surface area (Å²) in [4.78, 5) is 24.7. The van der Waals surface area contributed by atoms with E-state index in [-0.39, 0.29) is 18.5 Å². The molecule has 0 bridgehead atoms. The van der Waals surface area contributed by atoms with Crippen molar-refractivity contribution in [3.63, 3.8) is 0 Å². The Kier molecular flexibility index (Phi) is 75.4. The van der Waals surface area contributed by atoms with Gasteiger partial charge in [-0.1, -0.05) is 383 Å². The number of ether oxygens (including phenoxy) is 1. The molecular formula is C82H155NO5. The van der Waals surface area contributed by atoms with Crippen molar-refractivity contribution in [2.45, 2.75) is 450 Å². The fraction of sp³-hybridized carbons (Fsp3) is 0.878. The molecule has 0 radical (unpaired) electrons. The van der Waals surface area contributed by atoms with Gasteiger partial charge in [-0.3, -0.25) is 9.59 Å². The first-order valence-corrected chi connectivity index (χ1v) is 39.9. The van der Waals surface area contributed by atoms with Crippen LogP contribution < -0.4 is 5.32 Å². The van der Waals surface area contributed by atoms with E-state index in [9.17, 15) is 19.8 Å². The summed E-state index contributed by atoms with van der Waals surface area (Å²) >= 11 is 0. The molecule has 3 N–H and O–H groups in total. The Balaban J connectivity index is 3.38. The molecule has 0 spiro atoms. The highest BCUT2D eigenvalue weighted by Crippen LogP contribution is 2.19. The second-order valence-corrected chi connectivity index (χ2v) is 27.4. The standard InChI is InChI=1S/C82H155NO5/c1-3-5-7-9-11-13-15-17-19-21-23-24-36-39-42-46-50-54-58-62-66-70-74-80(85)79(78-84)83-81(86)75-71-67-63-59-55-51-47-43-40-37-34-32-30-28-26-25-27-29-31-33-35-38-41-45-49-53-57-61-65-69-73-77-88-82(87)76-72-68-64-60-56-52-48-44-22-20-18-16-14-12-10-8-6-4-2/h14,16,20,22,27,29,70,74,79-80,84-85H,3-13,15,17-19,21,23-26,28,30-69,71-73,75-78H2,1-2H3,(H,83,86)/b16-14-,22-20-,29-27-,74-70+. The third-order valence-electron chi connectivity index (χ3n) is 18.6. The Labute approximate surface area is 550 Å². The Morgan fingerprint density at radius 3 is 0.886 bits per heavy atom. The number of nitrogens with one attached hydrogen (secondary N) is 1.